The summed E-state index contributed by atoms with van der Waals surface area (Å²) in [5, 5.41) is 14.6. The highest BCUT2D eigenvalue weighted by molar-refractivity contribution is 5.22. The van der Waals surface area contributed by atoms with E-state index in [2.05, 4.69) is 18.9 Å². The second-order valence-corrected chi connectivity index (χ2v) is 5.18. The van der Waals surface area contributed by atoms with Crippen molar-refractivity contribution in [2.45, 2.75) is 32.4 Å². The molecule has 1 heterocycles. The Morgan fingerprint density at radius 1 is 1.32 bits per heavy atom. The van der Waals surface area contributed by atoms with Crippen LogP contribution in [0.2, 0.25) is 0 Å². The Kier molecular flexibility index (Phi) is 3.90. The largest absolute Gasteiger partial charge is 0.487 e. The fourth-order valence-corrected chi connectivity index (χ4v) is 1.78. The SMILES string of the molecule is CC(C)n1cc(OCC(C)(O)c2ccccc2)cn1. The van der Waals surface area contributed by atoms with E-state index in [9.17, 15) is 5.11 Å². The fraction of sp³-hybridized carbons (Fsp3) is 0.400. The van der Waals surface area contributed by atoms with Crippen LogP contribution in [0.15, 0.2) is 42.7 Å². The van der Waals surface area contributed by atoms with Crippen molar-refractivity contribution in [1.29, 1.82) is 0 Å². The van der Waals surface area contributed by atoms with E-state index in [1.165, 1.54) is 0 Å². The molecular formula is C15H20N2O2. The van der Waals surface area contributed by atoms with Gasteiger partial charge in [-0.2, -0.15) is 5.10 Å². The Hall–Kier alpha value is -1.81. The average Bonchev–Trinajstić information content (AvgIpc) is 2.87. The molecule has 4 nitrogen and oxygen atoms in total. The zero-order chi connectivity index (χ0) is 13.9. The van der Waals surface area contributed by atoms with Crippen LogP contribution < -0.4 is 4.74 Å². The van der Waals surface area contributed by atoms with Crippen molar-refractivity contribution in [3.05, 3.63) is 48.3 Å². The third-order valence-electron chi connectivity index (χ3n) is 3.02. The lowest BCUT2D eigenvalue weighted by Crippen LogP contribution is -2.29. The zero-order valence-electron chi connectivity index (χ0n) is 11.6. The van der Waals surface area contributed by atoms with Gasteiger partial charge < -0.3 is 9.84 Å². The molecule has 2 aromatic rings. The molecular weight excluding hydrogens is 240 g/mol. The minimum atomic E-state index is -1.01. The van der Waals surface area contributed by atoms with Gasteiger partial charge in [-0.1, -0.05) is 30.3 Å². The van der Waals surface area contributed by atoms with Crippen LogP contribution in [0.5, 0.6) is 5.75 Å². The van der Waals surface area contributed by atoms with Crippen LogP contribution in [0.4, 0.5) is 0 Å². The molecule has 0 amide bonds. The number of hydrogen-bond donors (Lipinski definition) is 1. The van der Waals surface area contributed by atoms with Gasteiger partial charge >= 0.3 is 0 Å². The molecule has 1 aromatic heterocycles. The molecule has 102 valence electrons. The van der Waals surface area contributed by atoms with Crippen molar-refractivity contribution in [2.75, 3.05) is 6.61 Å². The third kappa shape index (κ3) is 3.35. The molecule has 1 aromatic carbocycles. The third-order valence-corrected chi connectivity index (χ3v) is 3.02. The van der Waals surface area contributed by atoms with Gasteiger partial charge in [0, 0.05) is 6.04 Å². The highest BCUT2D eigenvalue weighted by atomic mass is 16.5. The first-order valence-electron chi connectivity index (χ1n) is 6.44. The van der Waals surface area contributed by atoms with Crippen molar-refractivity contribution >= 4 is 0 Å². The Balaban J connectivity index is 2.01. The molecule has 0 saturated heterocycles. The van der Waals surface area contributed by atoms with Crippen LogP contribution in [-0.4, -0.2) is 21.5 Å². The molecule has 1 N–H and O–H groups in total. The summed E-state index contributed by atoms with van der Waals surface area (Å²) in [7, 11) is 0. The van der Waals surface area contributed by atoms with Crippen LogP contribution in [-0.2, 0) is 5.60 Å². The van der Waals surface area contributed by atoms with Gasteiger partial charge in [-0.25, -0.2) is 0 Å². The predicted octanol–water partition coefficient (Wildman–Crippen LogP) is 2.75. The normalized spacial score (nSPS) is 14.4. The molecule has 2 rings (SSSR count). The Morgan fingerprint density at radius 3 is 2.58 bits per heavy atom. The van der Waals surface area contributed by atoms with Crippen molar-refractivity contribution in [2.24, 2.45) is 0 Å². The Labute approximate surface area is 113 Å². The lowest BCUT2D eigenvalue weighted by molar-refractivity contribution is 0.00756. The lowest BCUT2D eigenvalue weighted by Gasteiger charge is -2.23. The summed E-state index contributed by atoms with van der Waals surface area (Å²) in [6.45, 7) is 6.05. The summed E-state index contributed by atoms with van der Waals surface area (Å²) < 4.78 is 7.45. The van der Waals surface area contributed by atoms with Gasteiger partial charge in [0.05, 0.1) is 12.4 Å². The van der Waals surface area contributed by atoms with Crippen LogP contribution in [0.25, 0.3) is 0 Å². The summed E-state index contributed by atoms with van der Waals surface area (Å²) in [4.78, 5) is 0. The smallest absolute Gasteiger partial charge is 0.157 e. The molecule has 0 aliphatic heterocycles. The molecule has 0 fully saturated rings. The van der Waals surface area contributed by atoms with E-state index in [1.807, 2.05) is 41.2 Å². The van der Waals surface area contributed by atoms with Gasteiger partial charge in [0.2, 0.25) is 0 Å². The van der Waals surface area contributed by atoms with E-state index in [1.54, 1.807) is 13.1 Å². The summed E-state index contributed by atoms with van der Waals surface area (Å²) in [5.74, 6) is 0.671. The van der Waals surface area contributed by atoms with Gasteiger partial charge in [-0.3, -0.25) is 4.68 Å². The van der Waals surface area contributed by atoms with Gasteiger partial charge in [-0.15, -0.1) is 0 Å². The minimum absolute atomic E-state index is 0.195. The molecule has 1 unspecified atom stereocenters. The highest BCUT2D eigenvalue weighted by Crippen LogP contribution is 2.22. The minimum Gasteiger partial charge on any atom is -0.487 e. The summed E-state index contributed by atoms with van der Waals surface area (Å²) in [6.07, 6.45) is 3.51. The predicted molar refractivity (Wildman–Crippen MR) is 74.1 cm³/mol. The van der Waals surface area contributed by atoms with Crippen molar-refractivity contribution < 1.29 is 9.84 Å². The van der Waals surface area contributed by atoms with Crippen molar-refractivity contribution in [3.8, 4) is 5.75 Å². The van der Waals surface area contributed by atoms with Crippen LogP contribution in [0.1, 0.15) is 32.4 Å². The lowest BCUT2D eigenvalue weighted by atomic mass is 9.97. The summed E-state index contributed by atoms with van der Waals surface area (Å²) in [5.41, 5.74) is -0.174. The van der Waals surface area contributed by atoms with Crippen LogP contribution in [0, 0.1) is 0 Å². The number of rotatable bonds is 5. The Bertz CT molecular complexity index is 518. The number of aliphatic hydroxyl groups is 1. The van der Waals surface area contributed by atoms with Crippen molar-refractivity contribution in [3.63, 3.8) is 0 Å². The van der Waals surface area contributed by atoms with Gasteiger partial charge in [0.15, 0.2) is 5.75 Å². The topological polar surface area (TPSA) is 47.3 Å². The Morgan fingerprint density at radius 2 is 2.00 bits per heavy atom. The molecule has 4 heteroatoms. The summed E-state index contributed by atoms with van der Waals surface area (Å²) >= 11 is 0. The van der Waals surface area contributed by atoms with Gasteiger partial charge in [0.1, 0.15) is 12.2 Å². The molecule has 0 aliphatic carbocycles. The monoisotopic (exact) mass is 260 g/mol. The summed E-state index contributed by atoms with van der Waals surface area (Å²) in [6, 6.07) is 9.81. The number of benzene rings is 1. The maximum absolute atomic E-state index is 10.4. The first-order valence-corrected chi connectivity index (χ1v) is 6.44. The fourth-order valence-electron chi connectivity index (χ4n) is 1.78. The van der Waals surface area contributed by atoms with E-state index < -0.39 is 5.60 Å². The molecule has 0 spiro atoms. The molecule has 0 radical (unpaired) electrons. The first-order chi connectivity index (χ1) is 8.99. The second kappa shape index (κ2) is 5.45. The van der Waals surface area contributed by atoms with E-state index in [0.717, 1.165) is 5.56 Å². The van der Waals surface area contributed by atoms with E-state index in [0.29, 0.717) is 11.8 Å². The highest BCUT2D eigenvalue weighted by Gasteiger charge is 2.24. The van der Waals surface area contributed by atoms with E-state index in [4.69, 9.17) is 4.74 Å². The van der Waals surface area contributed by atoms with Gasteiger partial charge in [-0.05, 0) is 26.3 Å². The van der Waals surface area contributed by atoms with Crippen LogP contribution >= 0.6 is 0 Å². The molecule has 0 aliphatic rings. The maximum Gasteiger partial charge on any atom is 0.157 e. The second-order valence-electron chi connectivity index (χ2n) is 5.18. The quantitative estimate of drug-likeness (QED) is 0.899. The maximum atomic E-state index is 10.4. The number of aromatic nitrogens is 2. The molecule has 0 saturated carbocycles. The molecule has 19 heavy (non-hydrogen) atoms. The van der Waals surface area contributed by atoms with Crippen LogP contribution in [0.3, 0.4) is 0 Å². The number of ether oxygens (including phenoxy) is 1. The average molecular weight is 260 g/mol. The number of nitrogens with zero attached hydrogens (tertiary/aromatic N) is 2. The van der Waals surface area contributed by atoms with E-state index >= 15 is 0 Å². The van der Waals surface area contributed by atoms with E-state index in [-0.39, 0.29) is 6.61 Å². The zero-order valence-corrected chi connectivity index (χ0v) is 11.6. The van der Waals surface area contributed by atoms with Gasteiger partial charge in [0.25, 0.3) is 0 Å². The standard InChI is InChI=1S/C15H20N2O2/c1-12(2)17-10-14(9-16-17)19-11-15(3,18)13-7-5-4-6-8-13/h4-10,12,18H,11H2,1-3H3. The molecule has 0 bridgehead atoms. The first kappa shape index (κ1) is 13.6. The number of hydrogen-bond acceptors (Lipinski definition) is 3. The van der Waals surface area contributed by atoms with Crippen molar-refractivity contribution in [1.82, 2.24) is 9.78 Å². The molecule has 1 atom stereocenters.